The molecule has 0 fully saturated rings. The van der Waals surface area contributed by atoms with Crippen LogP contribution < -0.4 is 5.73 Å². The molecule has 4 heteroatoms. The van der Waals surface area contributed by atoms with Gasteiger partial charge in [-0.2, -0.15) is 0 Å². The van der Waals surface area contributed by atoms with Gasteiger partial charge in [0.15, 0.2) is 11.4 Å². The van der Waals surface area contributed by atoms with Gasteiger partial charge in [0.05, 0.1) is 4.88 Å². The van der Waals surface area contributed by atoms with Crippen molar-refractivity contribution in [2.45, 2.75) is 0 Å². The molecular weight excluding hydrogens is 196 g/mol. The average molecular weight is 204 g/mol. The molecular formula is C10H8N2OS. The number of thiazole rings is 1. The molecule has 0 aliphatic rings. The molecule has 70 valence electrons. The Balaban J connectivity index is 2.56. The minimum Gasteiger partial charge on any atom is -0.375 e. The number of benzene rings is 1. The number of carbonyl (C=O) groups is 1. The quantitative estimate of drug-likeness (QED) is 0.763. The highest BCUT2D eigenvalue weighted by Crippen LogP contribution is 2.30. The molecule has 3 nitrogen and oxygen atoms in total. The second-order valence-corrected chi connectivity index (χ2v) is 3.78. The Labute approximate surface area is 85.2 Å². The van der Waals surface area contributed by atoms with Gasteiger partial charge in [0.25, 0.3) is 0 Å². The first-order chi connectivity index (χ1) is 6.81. The molecule has 0 spiro atoms. The molecule has 0 saturated carbocycles. The fourth-order valence-corrected chi connectivity index (χ4v) is 2.03. The molecule has 0 radical (unpaired) electrons. The van der Waals surface area contributed by atoms with Crippen molar-refractivity contribution in [2.24, 2.45) is 0 Å². The summed E-state index contributed by atoms with van der Waals surface area (Å²) in [5.41, 5.74) is 6.93. The number of carbonyl (C=O) groups excluding carboxylic acids is 1. The molecule has 1 aromatic heterocycles. The second-order valence-electron chi connectivity index (χ2n) is 2.75. The van der Waals surface area contributed by atoms with E-state index in [-0.39, 0.29) is 0 Å². The fourth-order valence-electron chi connectivity index (χ4n) is 1.23. The summed E-state index contributed by atoms with van der Waals surface area (Å²) in [5, 5.41) is 0.422. The Morgan fingerprint density at radius 3 is 2.64 bits per heavy atom. The zero-order chi connectivity index (χ0) is 9.97. The summed E-state index contributed by atoms with van der Waals surface area (Å²) in [5.74, 6) is 0. The smallest absolute Gasteiger partial charge is 0.181 e. The first-order valence-electron chi connectivity index (χ1n) is 4.08. The van der Waals surface area contributed by atoms with E-state index in [0.717, 1.165) is 16.7 Å². The third-order valence-electron chi connectivity index (χ3n) is 1.82. The van der Waals surface area contributed by atoms with Crippen molar-refractivity contribution in [3.63, 3.8) is 0 Å². The van der Waals surface area contributed by atoms with Crippen molar-refractivity contribution in [3.8, 4) is 10.4 Å². The first kappa shape index (κ1) is 8.90. The predicted octanol–water partition coefficient (Wildman–Crippen LogP) is 2.20. The van der Waals surface area contributed by atoms with Crippen LogP contribution in [0.15, 0.2) is 30.3 Å². The van der Waals surface area contributed by atoms with E-state index in [9.17, 15) is 4.79 Å². The maximum Gasteiger partial charge on any atom is 0.181 e. The van der Waals surface area contributed by atoms with E-state index in [4.69, 9.17) is 5.73 Å². The number of nitrogens with zero attached hydrogens (tertiary/aromatic N) is 1. The van der Waals surface area contributed by atoms with Crippen LogP contribution in [0.2, 0.25) is 0 Å². The summed E-state index contributed by atoms with van der Waals surface area (Å²) in [6, 6.07) is 9.62. The maximum absolute atomic E-state index is 10.7. The highest BCUT2D eigenvalue weighted by molar-refractivity contribution is 7.19. The zero-order valence-corrected chi connectivity index (χ0v) is 8.12. The van der Waals surface area contributed by atoms with E-state index in [1.54, 1.807) is 0 Å². The number of hydrogen-bond acceptors (Lipinski definition) is 4. The van der Waals surface area contributed by atoms with Gasteiger partial charge in [-0.15, -0.1) is 0 Å². The molecule has 0 saturated heterocycles. The highest BCUT2D eigenvalue weighted by atomic mass is 32.1. The Morgan fingerprint density at radius 1 is 1.29 bits per heavy atom. The molecule has 0 unspecified atom stereocenters. The molecule has 0 aliphatic carbocycles. The summed E-state index contributed by atoms with van der Waals surface area (Å²) >= 11 is 1.33. The standard InChI is InChI=1S/C10H8N2OS/c11-10-12-8(6-13)9(14-10)7-4-2-1-3-5-7/h1-6H,(H2,11,12). The van der Waals surface area contributed by atoms with Crippen molar-refractivity contribution >= 4 is 22.8 Å². The fraction of sp³-hybridized carbons (Fsp3) is 0. The lowest BCUT2D eigenvalue weighted by atomic mass is 10.2. The van der Waals surface area contributed by atoms with Crippen LogP contribution in [0.4, 0.5) is 5.13 Å². The maximum atomic E-state index is 10.7. The van der Waals surface area contributed by atoms with Gasteiger partial charge >= 0.3 is 0 Å². The lowest BCUT2D eigenvalue weighted by Crippen LogP contribution is -1.85. The van der Waals surface area contributed by atoms with Gasteiger partial charge in [0.1, 0.15) is 5.69 Å². The number of aldehydes is 1. The number of nitrogens with two attached hydrogens (primary N) is 1. The van der Waals surface area contributed by atoms with Gasteiger partial charge in [-0.1, -0.05) is 41.7 Å². The summed E-state index contributed by atoms with van der Waals surface area (Å²) in [4.78, 5) is 15.5. The largest absolute Gasteiger partial charge is 0.375 e. The van der Waals surface area contributed by atoms with Crippen LogP contribution in [0.3, 0.4) is 0 Å². The zero-order valence-electron chi connectivity index (χ0n) is 7.31. The van der Waals surface area contributed by atoms with Crippen molar-refractivity contribution in [2.75, 3.05) is 5.73 Å². The molecule has 2 N–H and O–H groups in total. The normalized spacial score (nSPS) is 10.0. The Kier molecular flexibility index (Phi) is 2.28. The number of hydrogen-bond donors (Lipinski definition) is 1. The van der Waals surface area contributed by atoms with Crippen LogP contribution in [-0.2, 0) is 0 Å². The molecule has 2 aromatic rings. The summed E-state index contributed by atoms with van der Waals surface area (Å²) < 4.78 is 0. The van der Waals surface area contributed by atoms with Crippen LogP contribution in [0.25, 0.3) is 10.4 Å². The monoisotopic (exact) mass is 204 g/mol. The van der Waals surface area contributed by atoms with Gasteiger partial charge in [0.2, 0.25) is 0 Å². The second kappa shape index (κ2) is 3.59. The molecule has 0 atom stereocenters. The molecule has 0 amide bonds. The topological polar surface area (TPSA) is 56.0 Å². The predicted molar refractivity (Wildman–Crippen MR) is 57.3 cm³/mol. The number of rotatable bonds is 2. The van der Waals surface area contributed by atoms with E-state index >= 15 is 0 Å². The number of nitrogen functional groups attached to an aromatic ring is 1. The van der Waals surface area contributed by atoms with Gasteiger partial charge in [0, 0.05) is 0 Å². The summed E-state index contributed by atoms with van der Waals surface area (Å²) in [6.07, 6.45) is 0.731. The molecule has 1 heterocycles. The van der Waals surface area contributed by atoms with Crippen LogP contribution in [0.1, 0.15) is 10.5 Å². The van der Waals surface area contributed by atoms with Gasteiger partial charge in [-0.05, 0) is 5.56 Å². The number of aromatic nitrogens is 1. The molecule has 0 aliphatic heterocycles. The highest BCUT2D eigenvalue weighted by Gasteiger charge is 2.09. The number of anilines is 1. The van der Waals surface area contributed by atoms with E-state index in [2.05, 4.69) is 4.98 Å². The van der Waals surface area contributed by atoms with Crippen LogP contribution in [0.5, 0.6) is 0 Å². The molecule has 1 aromatic carbocycles. The van der Waals surface area contributed by atoms with Crippen LogP contribution in [0, 0.1) is 0 Å². The molecule has 0 bridgehead atoms. The van der Waals surface area contributed by atoms with Crippen molar-refractivity contribution in [1.82, 2.24) is 4.98 Å². The minimum absolute atomic E-state index is 0.415. The lowest BCUT2D eigenvalue weighted by Gasteiger charge is -1.95. The first-order valence-corrected chi connectivity index (χ1v) is 4.90. The minimum atomic E-state index is 0.415. The van der Waals surface area contributed by atoms with Crippen molar-refractivity contribution in [1.29, 1.82) is 0 Å². The third-order valence-corrected chi connectivity index (χ3v) is 2.77. The van der Waals surface area contributed by atoms with E-state index in [1.165, 1.54) is 11.3 Å². The van der Waals surface area contributed by atoms with E-state index in [0.29, 0.717) is 10.8 Å². The lowest BCUT2D eigenvalue weighted by molar-refractivity contribution is 0.112. The Bertz CT molecular complexity index is 450. The van der Waals surface area contributed by atoms with Gasteiger partial charge < -0.3 is 5.73 Å². The van der Waals surface area contributed by atoms with E-state index < -0.39 is 0 Å². The van der Waals surface area contributed by atoms with Crippen LogP contribution >= 0.6 is 11.3 Å². The van der Waals surface area contributed by atoms with Crippen LogP contribution in [-0.4, -0.2) is 11.3 Å². The van der Waals surface area contributed by atoms with Crippen molar-refractivity contribution < 1.29 is 4.79 Å². The average Bonchev–Trinajstić information content (AvgIpc) is 2.61. The van der Waals surface area contributed by atoms with E-state index in [1.807, 2.05) is 30.3 Å². The van der Waals surface area contributed by atoms with Gasteiger partial charge in [-0.3, -0.25) is 4.79 Å². The van der Waals surface area contributed by atoms with Crippen molar-refractivity contribution in [3.05, 3.63) is 36.0 Å². The van der Waals surface area contributed by atoms with Gasteiger partial charge in [-0.25, -0.2) is 4.98 Å². The molecule has 14 heavy (non-hydrogen) atoms. The Hall–Kier alpha value is -1.68. The SMILES string of the molecule is Nc1nc(C=O)c(-c2ccccc2)s1. The third kappa shape index (κ3) is 1.52. The Morgan fingerprint density at radius 2 is 2.00 bits per heavy atom. The molecule has 2 rings (SSSR count). The summed E-state index contributed by atoms with van der Waals surface area (Å²) in [6.45, 7) is 0. The summed E-state index contributed by atoms with van der Waals surface area (Å²) in [7, 11) is 0.